The quantitative estimate of drug-likeness (QED) is 0.613. The number of nitriles is 1. The lowest BCUT2D eigenvalue weighted by Gasteiger charge is -2.25. The molecule has 2 aromatic rings. The molecule has 1 atom stereocenters. The summed E-state index contributed by atoms with van der Waals surface area (Å²) < 4.78 is 10.6. The molecule has 2 amide bonds. The summed E-state index contributed by atoms with van der Waals surface area (Å²) in [7, 11) is 0. The van der Waals surface area contributed by atoms with Crippen LogP contribution < -0.4 is 5.32 Å². The Hall–Kier alpha value is -3.31. The zero-order valence-electron chi connectivity index (χ0n) is 15.6. The Morgan fingerprint density at radius 1 is 1.38 bits per heavy atom. The van der Waals surface area contributed by atoms with Gasteiger partial charge in [0.05, 0.1) is 18.1 Å². The van der Waals surface area contributed by atoms with Crippen molar-refractivity contribution in [3.05, 3.63) is 58.4 Å². The van der Waals surface area contributed by atoms with Crippen molar-refractivity contribution in [3.63, 3.8) is 0 Å². The normalized spacial score (nSPS) is 17.9. The van der Waals surface area contributed by atoms with E-state index in [1.165, 1.54) is 29.9 Å². The fourth-order valence-corrected chi connectivity index (χ4v) is 4.67. The number of fused-ring (bicyclic) bond motifs is 1. The van der Waals surface area contributed by atoms with E-state index < -0.39 is 0 Å². The number of nitrogens with zero attached hydrogens (tertiary/aromatic N) is 2. The summed E-state index contributed by atoms with van der Waals surface area (Å²) >= 11 is 1.38. The fourth-order valence-electron chi connectivity index (χ4n) is 3.40. The topological polar surface area (TPSA) is 95.6 Å². The molecule has 1 unspecified atom stereocenters. The van der Waals surface area contributed by atoms with Crippen LogP contribution in [0.3, 0.4) is 0 Å². The van der Waals surface area contributed by atoms with Gasteiger partial charge >= 0.3 is 6.09 Å². The van der Waals surface area contributed by atoms with Crippen LogP contribution in [0.25, 0.3) is 6.08 Å². The minimum absolute atomic E-state index is 0.217. The number of rotatable bonds is 4. The van der Waals surface area contributed by atoms with E-state index in [2.05, 4.69) is 11.4 Å². The van der Waals surface area contributed by atoms with Crippen LogP contribution in [0.4, 0.5) is 9.80 Å². The van der Waals surface area contributed by atoms with E-state index in [-0.39, 0.29) is 18.1 Å². The Labute approximate surface area is 171 Å². The summed E-state index contributed by atoms with van der Waals surface area (Å²) in [5.41, 5.74) is 2.23. The van der Waals surface area contributed by atoms with Gasteiger partial charge in [-0.25, -0.2) is 4.79 Å². The summed E-state index contributed by atoms with van der Waals surface area (Å²) in [4.78, 5) is 27.1. The highest BCUT2D eigenvalue weighted by molar-refractivity contribution is 7.16. The molecule has 148 valence electrons. The number of nitrogens with one attached hydrogen (secondary N) is 1. The first kappa shape index (κ1) is 19.0. The van der Waals surface area contributed by atoms with Gasteiger partial charge in [0.2, 0.25) is 5.91 Å². The van der Waals surface area contributed by atoms with Gasteiger partial charge in [0.1, 0.15) is 17.2 Å². The molecule has 0 aromatic carbocycles. The van der Waals surface area contributed by atoms with Gasteiger partial charge in [0.25, 0.3) is 0 Å². The molecule has 1 aliphatic heterocycles. The predicted octanol–water partition coefficient (Wildman–Crippen LogP) is 3.73. The van der Waals surface area contributed by atoms with E-state index in [1.807, 2.05) is 12.2 Å². The standard InChI is InChI=1S/C21H19N3O4S/c22-12-17-16-5-4-15(28-21(26)24-8-1-2-9-24)11-18(16)29-20(17)23-19(25)6-3-14-7-10-27-13-14/h1-3,6-7,10,13,15H,4-5,8-9,11H2,(H,23,25). The van der Waals surface area contributed by atoms with Gasteiger partial charge in [-0.05, 0) is 30.5 Å². The number of anilines is 1. The smallest absolute Gasteiger partial charge is 0.410 e. The molecule has 0 bridgehead atoms. The van der Waals surface area contributed by atoms with Crippen molar-refractivity contribution in [1.82, 2.24) is 4.90 Å². The Morgan fingerprint density at radius 3 is 2.93 bits per heavy atom. The van der Waals surface area contributed by atoms with Crippen LogP contribution in [-0.4, -0.2) is 36.1 Å². The van der Waals surface area contributed by atoms with Crippen LogP contribution in [0.2, 0.25) is 0 Å². The zero-order chi connectivity index (χ0) is 20.2. The molecule has 1 N–H and O–H groups in total. The summed E-state index contributed by atoms with van der Waals surface area (Å²) in [6.07, 6.45) is 11.3. The lowest BCUT2D eigenvalue weighted by molar-refractivity contribution is -0.111. The van der Waals surface area contributed by atoms with E-state index in [0.29, 0.717) is 42.9 Å². The molecule has 8 heteroatoms. The second kappa shape index (κ2) is 8.37. The SMILES string of the molecule is N#Cc1c(NC(=O)C=Cc2ccoc2)sc2c1CCC(OC(=O)N1CC=CC1)C2. The van der Waals surface area contributed by atoms with Crippen molar-refractivity contribution in [2.45, 2.75) is 25.4 Å². The first-order valence-electron chi connectivity index (χ1n) is 9.30. The van der Waals surface area contributed by atoms with E-state index in [9.17, 15) is 14.9 Å². The van der Waals surface area contributed by atoms with Crippen LogP contribution >= 0.6 is 11.3 Å². The van der Waals surface area contributed by atoms with Gasteiger partial charge in [-0.2, -0.15) is 5.26 Å². The highest BCUT2D eigenvalue weighted by atomic mass is 32.1. The number of carbonyl (C=O) groups excluding carboxylic acids is 2. The minimum Gasteiger partial charge on any atom is -0.472 e. The molecule has 0 saturated carbocycles. The molecule has 4 rings (SSSR count). The molecule has 3 heterocycles. The average Bonchev–Trinajstić information content (AvgIpc) is 3.46. The minimum atomic E-state index is -0.314. The Kier molecular flexibility index (Phi) is 5.49. The van der Waals surface area contributed by atoms with Crippen molar-refractivity contribution >= 4 is 34.4 Å². The van der Waals surface area contributed by atoms with E-state index in [4.69, 9.17) is 9.15 Å². The summed E-state index contributed by atoms with van der Waals surface area (Å²) in [5, 5.41) is 12.9. The number of ether oxygens (including phenoxy) is 1. The molecule has 0 saturated heterocycles. The number of carbonyl (C=O) groups is 2. The van der Waals surface area contributed by atoms with Gasteiger partial charge in [-0.1, -0.05) is 12.2 Å². The largest absolute Gasteiger partial charge is 0.472 e. The molecular weight excluding hydrogens is 390 g/mol. The van der Waals surface area contributed by atoms with Crippen LogP contribution in [0.15, 0.2) is 41.2 Å². The molecule has 2 aliphatic rings. The third kappa shape index (κ3) is 4.25. The highest BCUT2D eigenvalue weighted by Gasteiger charge is 2.29. The van der Waals surface area contributed by atoms with Crippen molar-refractivity contribution in [1.29, 1.82) is 5.26 Å². The van der Waals surface area contributed by atoms with Crippen LogP contribution in [0.5, 0.6) is 0 Å². The molecule has 29 heavy (non-hydrogen) atoms. The summed E-state index contributed by atoms with van der Waals surface area (Å²) in [5.74, 6) is -0.314. The van der Waals surface area contributed by atoms with Crippen molar-refractivity contribution < 1.29 is 18.7 Å². The first-order valence-corrected chi connectivity index (χ1v) is 10.1. The third-order valence-corrected chi connectivity index (χ3v) is 6.05. The zero-order valence-corrected chi connectivity index (χ0v) is 16.4. The second-order valence-electron chi connectivity index (χ2n) is 6.82. The molecule has 1 aliphatic carbocycles. The number of hydrogen-bond acceptors (Lipinski definition) is 6. The maximum absolute atomic E-state index is 12.2. The van der Waals surface area contributed by atoms with Crippen molar-refractivity contribution in [3.8, 4) is 6.07 Å². The predicted molar refractivity (Wildman–Crippen MR) is 108 cm³/mol. The lowest BCUT2D eigenvalue weighted by atomic mass is 9.94. The van der Waals surface area contributed by atoms with Crippen molar-refractivity contribution in [2.75, 3.05) is 18.4 Å². The lowest BCUT2D eigenvalue weighted by Crippen LogP contribution is -2.34. The molecule has 2 aromatic heterocycles. The molecule has 0 radical (unpaired) electrons. The van der Waals surface area contributed by atoms with Gasteiger partial charge in [-0.15, -0.1) is 11.3 Å². The van der Waals surface area contributed by atoms with E-state index >= 15 is 0 Å². The Morgan fingerprint density at radius 2 is 2.21 bits per heavy atom. The monoisotopic (exact) mass is 409 g/mol. The molecule has 0 spiro atoms. The molecule has 7 nitrogen and oxygen atoms in total. The van der Waals surface area contributed by atoms with E-state index in [0.717, 1.165) is 16.0 Å². The van der Waals surface area contributed by atoms with Crippen molar-refractivity contribution in [2.24, 2.45) is 0 Å². The summed E-state index contributed by atoms with van der Waals surface area (Å²) in [6.45, 7) is 1.16. The van der Waals surface area contributed by atoms with E-state index in [1.54, 1.807) is 17.0 Å². The van der Waals surface area contributed by atoms with Crippen LogP contribution in [-0.2, 0) is 22.4 Å². The Balaban J connectivity index is 1.42. The Bertz CT molecular complexity index is 1010. The maximum Gasteiger partial charge on any atom is 0.410 e. The molecular formula is C21H19N3O4S. The fraction of sp³-hybridized carbons (Fsp3) is 0.286. The maximum atomic E-state index is 12.2. The summed E-state index contributed by atoms with van der Waals surface area (Å²) in [6, 6.07) is 3.96. The van der Waals surface area contributed by atoms with Gasteiger partial charge in [0.15, 0.2) is 0 Å². The first-order chi connectivity index (χ1) is 14.1. The second-order valence-corrected chi connectivity index (χ2v) is 7.93. The number of thiophene rings is 1. The number of hydrogen-bond donors (Lipinski definition) is 1. The van der Waals surface area contributed by atoms with Gasteiger partial charge in [-0.3, -0.25) is 4.79 Å². The van der Waals surface area contributed by atoms with Gasteiger partial charge in [0, 0.05) is 36.0 Å². The van der Waals surface area contributed by atoms with Crippen LogP contribution in [0, 0.1) is 11.3 Å². The van der Waals surface area contributed by atoms with Gasteiger partial charge < -0.3 is 19.4 Å². The third-order valence-electron chi connectivity index (χ3n) is 4.88. The number of furan rings is 1. The van der Waals surface area contributed by atoms with Crippen LogP contribution in [0.1, 0.15) is 28.0 Å². The number of amides is 2. The molecule has 0 fully saturated rings. The highest BCUT2D eigenvalue weighted by Crippen LogP contribution is 2.38. The average molecular weight is 409 g/mol.